The highest BCUT2D eigenvalue weighted by atomic mass is 14.3. The van der Waals surface area contributed by atoms with Crippen molar-refractivity contribution in [1.29, 1.82) is 0 Å². The predicted octanol–water partition coefficient (Wildman–Crippen LogP) is 30.2. The summed E-state index contributed by atoms with van der Waals surface area (Å²) in [7, 11) is 0. The first kappa shape index (κ1) is 63.0. The van der Waals surface area contributed by atoms with Crippen molar-refractivity contribution in [2.75, 3.05) is 0 Å². The standard InChI is InChI=1S/2C54H36/c1-34-41-16-6-7-19-45(41)46-30-29-39(32-51(34)46)53-47-20-8-10-22-49(47)54(50-23-11-9-21-48(50)53)52-33-40(31-38-14-3-5-18-44(38)52)35-25-27-37(28-26-35)43-24-12-15-36-13-2-4-17-42(36)43;1-34-43-15-6-7-17-45(43)46-29-28-41(32-51(34)46)53-47-18-8-10-20-49(47)54(50-21-11-9-19-48(50)53)52-33-42(31-40-14-4-5-16-44(40)52)37-24-22-36(23-25-37)39-27-26-35-12-2-3-13-38(35)30-39/h2*2-34H,1H3. The summed E-state index contributed by atoms with van der Waals surface area (Å²) >= 11 is 0. The van der Waals surface area contributed by atoms with Crippen LogP contribution in [-0.4, -0.2) is 0 Å². The minimum Gasteiger partial charge on any atom is -0.0619 e. The van der Waals surface area contributed by atoms with Gasteiger partial charge >= 0.3 is 0 Å². The summed E-state index contributed by atoms with van der Waals surface area (Å²) in [6, 6.07) is 144. The van der Waals surface area contributed by atoms with Crippen molar-refractivity contribution >= 4 is 86.2 Å². The first-order chi connectivity index (χ1) is 53.4. The molecular formula is C108H72. The molecule has 0 nitrogen and oxygen atoms in total. The van der Waals surface area contributed by atoms with Gasteiger partial charge in [0.1, 0.15) is 0 Å². The SMILES string of the molecule is CC1c2ccccc2-c2ccc(-c3c4ccccc4c(-c4cc(-c5ccc(-c6ccc7ccccc7c6)cc5)cc5ccccc45)c4ccccc34)cc21.CC1c2ccccc2-c2ccc(-c3c4ccccc4c(-c4cc(-c5ccc(-c6cccc7ccccc67)cc5)cc5ccccc45)c4ccccc34)cc21. The molecule has 22 rings (SSSR count). The summed E-state index contributed by atoms with van der Waals surface area (Å²) in [5, 5.41) is 20.3. The average Bonchev–Trinajstić information content (AvgIpc) is 0.764. The Balaban J connectivity index is 0.000000138. The lowest BCUT2D eigenvalue weighted by Crippen LogP contribution is -1.94. The molecule has 0 fully saturated rings. The highest BCUT2D eigenvalue weighted by Gasteiger charge is 2.29. The van der Waals surface area contributed by atoms with Gasteiger partial charge in [-0.25, -0.2) is 0 Å². The van der Waals surface area contributed by atoms with E-state index in [1.54, 1.807) is 0 Å². The topological polar surface area (TPSA) is 0 Å². The molecule has 0 radical (unpaired) electrons. The first-order valence-corrected chi connectivity index (χ1v) is 38.0. The molecule has 0 heteroatoms. The lowest BCUT2D eigenvalue weighted by molar-refractivity contribution is 0.957. The van der Waals surface area contributed by atoms with Gasteiger partial charge in [0.25, 0.3) is 0 Å². The number of rotatable bonds is 8. The summed E-state index contributed by atoms with van der Waals surface area (Å²) in [6.07, 6.45) is 0. The fourth-order valence-corrected chi connectivity index (χ4v) is 18.6. The lowest BCUT2D eigenvalue weighted by Gasteiger charge is -2.20. The molecule has 0 aliphatic heterocycles. The van der Waals surface area contributed by atoms with E-state index in [0.717, 1.165) is 0 Å². The molecule has 0 N–H and O–H groups in total. The summed E-state index contributed by atoms with van der Waals surface area (Å²) in [4.78, 5) is 0. The Kier molecular flexibility index (Phi) is 15.0. The van der Waals surface area contributed by atoms with E-state index in [9.17, 15) is 0 Å². The number of hydrogen-bond donors (Lipinski definition) is 0. The Bertz CT molecular complexity index is 6940. The molecular weight excluding hydrogens is 1300 g/mol. The highest BCUT2D eigenvalue weighted by molar-refractivity contribution is 6.26. The van der Waals surface area contributed by atoms with Gasteiger partial charge < -0.3 is 0 Å². The fourth-order valence-electron chi connectivity index (χ4n) is 18.6. The quantitative estimate of drug-likeness (QED) is 0.133. The number of benzene rings is 20. The summed E-state index contributed by atoms with van der Waals surface area (Å²) in [6.45, 7) is 4.70. The third-order valence-corrected chi connectivity index (χ3v) is 23.8. The van der Waals surface area contributed by atoms with E-state index in [-0.39, 0.29) is 0 Å². The summed E-state index contributed by atoms with van der Waals surface area (Å²) in [5.41, 5.74) is 31.2. The third-order valence-electron chi connectivity index (χ3n) is 23.8. The van der Waals surface area contributed by atoms with E-state index in [4.69, 9.17) is 0 Å². The zero-order chi connectivity index (χ0) is 71.5. The molecule has 0 heterocycles. The minimum absolute atomic E-state index is 0.364. The third kappa shape index (κ3) is 10.3. The lowest BCUT2D eigenvalue weighted by atomic mass is 9.83. The van der Waals surface area contributed by atoms with Crippen LogP contribution in [0.3, 0.4) is 0 Å². The van der Waals surface area contributed by atoms with E-state index in [0.29, 0.717) is 11.8 Å². The van der Waals surface area contributed by atoms with Gasteiger partial charge in [0.05, 0.1) is 0 Å². The Morgan fingerprint density at radius 1 is 0.139 bits per heavy atom. The van der Waals surface area contributed by atoms with Crippen LogP contribution in [0, 0.1) is 0 Å². The van der Waals surface area contributed by atoms with Crippen LogP contribution in [0.25, 0.3) is 197 Å². The van der Waals surface area contributed by atoms with Crippen LogP contribution < -0.4 is 0 Å². The van der Waals surface area contributed by atoms with Crippen molar-refractivity contribution in [1.82, 2.24) is 0 Å². The predicted molar refractivity (Wildman–Crippen MR) is 462 cm³/mol. The van der Waals surface area contributed by atoms with Gasteiger partial charge in [-0.05, 0) is 262 Å². The summed E-state index contributed by atoms with van der Waals surface area (Å²) in [5.74, 6) is 0.729. The van der Waals surface area contributed by atoms with Crippen LogP contribution >= 0.6 is 0 Å². The molecule has 0 saturated heterocycles. The molecule has 2 aliphatic rings. The molecule has 0 saturated carbocycles. The van der Waals surface area contributed by atoms with E-state index >= 15 is 0 Å². The zero-order valence-electron chi connectivity index (χ0n) is 60.1. The van der Waals surface area contributed by atoms with Crippen LogP contribution in [0.15, 0.2) is 388 Å². The molecule has 2 atom stereocenters. The van der Waals surface area contributed by atoms with E-state index in [1.807, 2.05) is 0 Å². The number of fused-ring (bicyclic) bond motifs is 14. The molecule has 20 aromatic carbocycles. The second kappa shape index (κ2) is 25.7. The molecule has 20 aromatic rings. The monoisotopic (exact) mass is 1370 g/mol. The van der Waals surface area contributed by atoms with Crippen molar-refractivity contribution in [3.63, 3.8) is 0 Å². The molecule has 2 aliphatic carbocycles. The van der Waals surface area contributed by atoms with Gasteiger partial charge in [0.2, 0.25) is 0 Å². The van der Waals surface area contributed by atoms with Crippen LogP contribution in [0.5, 0.6) is 0 Å². The first-order valence-electron chi connectivity index (χ1n) is 38.0. The van der Waals surface area contributed by atoms with Gasteiger partial charge in [-0.15, -0.1) is 0 Å². The zero-order valence-corrected chi connectivity index (χ0v) is 60.1. The van der Waals surface area contributed by atoms with Crippen molar-refractivity contribution in [2.24, 2.45) is 0 Å². The van der Waals surface area contributed by atoms with Crippen LogP contribution in [0.2, 0.25) is 0 Å². The Morgan fingerprint density at radius 3 is 0.870 bits per heavy atom. The Labute approximate surface area is 629 Å². The van der Waals surface area contributed by atoms with Crippen LogP contribution in [0.1, 0.15) is 47.9 Å². The molecule has 504 valence electrons. The maximum Gasteiger partial charge on any atom is 0.00735 e. The van der Waals surface area contributed by atoms with E-state index < -0.39 is 0 Å². The maximum atomic E-state index is 2.46. The van der Waals surface area contributed by atoms with Crippen molar-refractivity contribution in [3.8, 4) is 111 Å². The summed E-state index contributed by atoms with van der Waals surface area (Å²) < 4.78 is 0. The second-order valence-electron chi connectivity index (χ2n) is 29.6. The van der Waals surface area contributed by atoms with Crippen molar-refractivity contribution in [3.05, 3.63) is 411 Å². The molecule has 0 aromatic heterocycles. The van der Waals surface area contributed by atoms with Gasteiger partial charge in [-0.3, -0.25) is 0 Å². The van der Waals surface area contributed by atoms with Gasteiger partial charge in [-0.2, -0.15) is 0 Å². The molecule has 0 amide bonds. The van der Waals surface area contributed by atoms with Crippen molar-refractivity contribution in [2.45, 2.75) is 25.7 Å². The Hall–Kier alpha value is -13.5. The molecule has 0 bridgehead atoms. The van der Waals surface area contributed by atoms with Gasteiger partial charge in [0, 0.05) is 11.8 Å². The maximum absolute atomic E-state index is 2.46. The van der Waals surface area contributed by atoms with Gasteiger partial charge in [-0.1, -0.05) is 360 Å². The normalized spacial score (nSPS) is 13.5. The Morgan fingerprint density at radius 2 is 0.426 bits per heavy atom. The molecule has 108 heavy (non-hydrogen) atoms. The van der Waals surface area contributed by atoms with Gasteiger partial charge in [0.15, 0.2) is 0 Å². The van der Waals surface area contributed by atoms with Crippen molar-refractivity contribution < 1.29 is 0 Å². The van der Waals surface area contributed by atoms with E-state index in [2.05, 4.69) is 402 Å². The van der Waals surface area contributed by atoms with E-state index in [1.165, 1.54) is 220 Å². The minimum atomic E-state index is 0.364. The largest absolute Gasteiger partial charge is 0.0619 e. The van der Waals surface area contributed by atoms with Crippen LogP contribution in [0.4, 0.5) is 0 Å². The number of hydrogen-bond acceptors (Lipinski definition) is 0. The average molecular weight is 1370 g/mol. The highest BCUT2D eigenvalue weighted by Crippen LogP contribution is 2.53. The van der Waals surface area contributed by atoms with Crippen LogP contribution in [-0.2, 0) is 0 Å². The molecule has 0 spiro atoms. The smallest absolute Gasteiger partial charge is 0.00735 e. The fraction of sp³-hybridized carbons (Fsp3) is 0.0370. The second-order valence-corrected chi connectivity index (χ2v) is 29.6. The molecule has 2 unspecified atom stereocenters.